The average Bonchev–Trinajstić information content (AvgIpc) is 2.87. The fourth-order valence-electron chi connectivity index (χ4n) is 4.05. The smallest absolute Gasteiger partial charge is 0.169 e. The molecular weight excluding hydrogens is 452 g/mol. The van der Waals surface area contributed by atoms with E-state index in [-0.39, 0.29) is 23.2 Å². The molecule has 0 fully saturated rings. The lowest BCUT2D eigenvalue weighted by molar-refractivity contribution is 0.0979. The highest BCUT2D eigenvalue weighted by atomic mass is 16.5. The van der Waals surface area contributed by atoms with E-state index >= 15 is 0 Å². The molecule has 0 heterocycles. The molecule has 36 heavy (non-hydrogen) atoms. The zero-order chi connectivity index (χ0) is 25.5. The molecule has 0 saturated carbocycles. The third-order valence-electron chi connectivity index (χ3n) is 6.02. The highest BCUT2D eigenvalue weighted by Gasteiger charge is 2.14. The molecule has 0 radical (unpaired) electrons. The normalized spacial score (nSPS) is 11.6. The third-order valence-corrected chi connectivity index (χ3v) is 6.02. The second kappa shape index (κ2) is 11.5. The molecule has 1 atom stereocenters. The molecule has 4 aromatic rings. The molecule has 5 nitrogen and oxygen atoms in total. The van der Waals surface area contributed by atoms with Crippen molar-refractivity contribution in [2.45, 2.75) is 39.0 Å². The monoisotopic (exact) mass is 482 g/mol. The number of carbonyl (C=O) groups excluding carboxylic acids is 1. The molecule has 0 aliphatic rings. The number of ether oxygens (including phenoxy) is 2. The lowest BCUT2D eigenvalue weighted by Gasteiger charge is -2.17. The summed E-state index contributed by atoms with van der Waals surface area (Å²) in [5, 5.41) is 20.3. The zero-order valence-corrected chi connectivity index (χ0v) is 20.5. The van der Waals surface area contributed by atoms with Crippen LogP contribution in [0.2, 0.25) is 0 Å². The van der Waals surface area contributed by atoms with Gasteiger partial charge in [-0.2, -0.15) is 0 Å². The number of para-hydroxylation sites is 3. The first-order chi connectivity index (χ1) is 17.4. The molecular formula is C31H30O5. The van der Waals surface area contributed by atoms with E-state index in [1.165, 1.54) is 6.07 Å². The summed E-state index contributed by atoms with van der Waals surface area (Å²) >= 11 is 0. The van der Waals surface area contributed by atoms with Crippen LogP contribution >= 0.6 is 0 Å². The summed E-state index contributed by atoms with van der Waals surface area (Å²) in [6.45, 7) is 4.08. The largest absolute Gasteiger partial charge is 0.507 e. The number of rotatable bonds is 10. The van der Waals surface area contributed by atoms with Crippen LogP contribution < -0.4 is 9.47 Å². The molecule has 0 aliphatic carbocycles. The minimum Gasteiger partial charge on any atom is -0.507 e. The lowest BCUT2D eigenvalue weighted by Crippen LogP contribution is -2.01. The molecule has 0 spiro atoms. The van der Waals surface area contributed by atoms with Gasteiger partial charge in [0, 0.05) is 12.5 Å². The van der Waals surface area contributed by atoms with Crippen LogP contribution in [0.1, 0.15) is 54.1 Å². The third kappa shape index (κ3) is 6.05. The van der Waals surface area contributed by atoms with Crippen molar-refractivity contribution in [3.05, 3.63) is 108 Å². The van der Waals surface area contributed by atoms with Gasteiger partial charge in [0.05, 0.1) is 5.56 Å². The van der Waals surface area contributed by atoms with Crippen LogP contribution in [0.15, 0.2) is 91.0 Å². The van der Waals surface area contributed by atoms with Gasteiger partial charge in [0.2, 0.25) is 0 Å². The number of carbonyl (C=O) groups is 1. The van der Waals surface area contributed by atoms with Gasteiger partial charge in [0.25, 0.3) is 0 Å². The Labute approximate surface area is 211 Å². The Morgan fingerprint density at radius 2 is 1.42 bits per heavy atom. The topological polar surface area (TPSA) is 76.0 Å². The van der Waals surface area contributed by atoms with Crippen LogP contribution in [-0.4, -0.2) is 16.0 Å². The first kappa shape index (κ1) is 24.9. The predicted molar refractivity (Wildman–Crippen MR) is 141 cm³/mol. The Balaban J connectivity index is 1.45. The molecule has 1 unspecified atom stereocenters. The molecule has 184 valence electrons. The number of aromatic hydroxyl groups is 2. The van der Waals surface area contributed by atoms with E-state index in [1.807, 2.05) is 61.5 Å². The summed E-state index contributed by atoms with van der Waals surface area (Å²) in [7, 11) is 0. The summed E-state index contributed by atoms with van der Waals surface area (Å²) in [6, 6.07) is 27.3. The van der Waals surface area contributed by atoms with Gasteiger partial charge in [-0.05, 0) is 72.4 Å². The first-order valence-corrected chi connectivity index (χ1v) is 12.1. The van der Waals surface area contributed by atoms with Crippen molar-refractivity contribution in [3.8, 4) is 34.5 Å². The van der Waals surface area contributed by atoms with Gasteiger partial charge < -0.3 is 19.7 Å². The van der Waals surface area contributed by atoms with E-state index in [9.17, 15) is 15.0 Å². The lowest BCUT2D eigenvalue weighted by atomic mass is 9.93. The van der Waals surface area contributed by atoms with Gasteiger partial charge in [0.15, 0.2) is 17.3 Å². The number of benzene rings is 4. The number of phenols is 2. The Kier molecular flexibility index (Phi) is 7.91. The van der Waals surface area contributed by atoms with Gasteiger partial charge in [-0.15, -0.1) is 0 Å². The first-order valence-electron chi connectivity index (χ1n) is 12.1. The number of ketones is 1. The fraction of sp³-hybridized carbons (Fsp3) is 0.194. The minimum atomic E-state index is -0.0761. The van der Waals surface area contributed by atoms with Gasteiger partial charge in [-0.3, -0.25) is 4.79 Å². The van der Waals surface area contributed by atoms with E-state index in [1.54, 1.807) is 30.3 Å². The van der Waals surface area contributed by atoms with E-state index in [4.69, 9.17) is 9.47 Å². The minimum absolute atomic E-state index is 0.0667. The van der Waals surface area contributed by atoms with Crippen LogP contribution in [0.4, 0.5) is 0 Å². The maximum Gasteiger partial charge on any atom is 0.169 e. The van der Waals surface area contributed by atoms with E-state index in [2.05, 4.69) is 6.92 Å². The number of hydrogen-bond acceptors (Lipinski definition) is 5. The van der Waals surface area contributed by atoms with Crippen molar-refractivity contribution in [1.82, 2.24) is 0 Å². The Morgan fingerprint density at radius 1 is 0.778 bits per heavy atom. The molecule has 0 amide bonds. The van der Waals surface area contributed by atoms with E-state index in [0.29, 0.717) is 35.0 Å². The number of phenolic OH excluding ortho intramolecular Hbond substituents is 2. The molecule has 4 aromatic carbocycles. The van der Waals surface area contributed by atoms with Crippen molar-refractivity contribution in [1.29, 1.82) is 0 Å². The SMILES string of the molecule is CCCC(=O)c1ccc(Oc2ccccc2CC(C)c2ccc(Oc3ccccc3O)cc2)cc1O. The van der Waals surface area contributed by atoms with Gasteiger partial charge in [0.1, 0.15) is 23.0 Å². The molecule has 4 rings (SSSR count). The van der Waals surface area contributed by atoms with Crippen LogP contribution in [0, 0.1) is 0 Å². The molecule has 5 heteroatoms. The number of hydrogen-bond donors (Lipinski definition) is 2. The van der Waals surface area contributed by atoms with Crippen molar-refractivity contribution < 1.29 is 24.5 Å². The highest BCUT2D eigenvalue weighted by molar-refractivity contribution is 5.98. The molecule has 0 saturated heterocycles. The molecule has 0 aromatic heterocycles. The second-order valence-corrected chi connectivity index (χ2v) is 8.81. The average molecular weight is 483 g/mol. The second-order valence-electron chi connectivity index (χ2n) is 8.81. The molecule has 0 bridgehead atoms. The Hall–Kier alpha value is -4.25. The van der Waals surface area contributed by atoms with Gasteiger partial charge in [-0.25, -0.2) is 0 Å². The molecule has 2 N–H and O–H groups in total. The van der Waals surface area contributed by atoms with Crippen LogP contribution in [-0.2, 0) is 6.42 Å². The van der Waals surface area contributed by atoms with Crippen molar-refractivity contribution >= 4 is 5.78 Å². The highest BCUT2D eigenvalue weighted by Crippen LogP contribution is 2.34. The summed E-state index contributed by atoms with van der Waals surface area (Å²) in [6.07, 6.45) is 1.87. The maximum atomic E-state index is 12.2. The fourth-order valence-corrected chi connectivity index (χ4v) is 4.05. The van der Waals surface area contributed by atoms with Gasteiger partial charge >= 0.3 is 0 Å². The van der Waals surface area contributed by atoms with Crippen LogP contribution in [0.3, 0.4) is 0 Å². The molecule has 0 aliphatic heterocycles. The maximum absolute atomic E-state index is 12.2. The Bertz CT molecular complexity index is 1330. The van der Waals surface area contributed by atoms with Crippen molar-refractivity contribution in [2.24, 2.45) is 0 Å². The Morgan fingerprint density at radius 3 is 2.11 bits per heavy atom. The number of Topliss-reactive ketones (excluding diaryl/α,β-unsaturated/α-hetero) is 1. The van der Waals surface area contributed by atoms with E-state index < -0.39 is 0 Å². The van der Waals surface area contributed by atoms with Crippen LogP contribution in [0.25, 0.3) is 0 Å². The summed E-state index contributed by atoms with van der Waals surface area (Å²) < 4.78 is 11.9. The standard InChI is InChI=1S/C31H30O5/c1-3-8-27(32)26-18-17-25(20-29(26)34)36-30-11-6-4-9-23(30)19-21(2)22-13-15-24(16-14-22)35-31-12-7-5-10-28(31)33/h4-7,9-18,20-21,33-34H,3,8,19H2,1-2H3. The van der Waals surface area contributed by atoms with Crippen molar-refractivity contribution in [3.63, 3.8) is 0 Å². The summed E-state index contributed by atoms with van der Waals surface area (Å²) in [4.78, 5) is 12.2. The predicted octanol–water partition coefficient (Wildman–Crippen LogP) is 8.01. The zero-order valence-electron chi connectivity index (χ0n) is 20.5. The summed E-state index contributed by atoms with van der Waals surface area (Å²) in [5.74, 6) is 2.41. The van der Waals surface area contributed by atoms with Crippen LogP contribution in [0.5, 0.6) is 34.5 Å². The van der Waals surface area contributed by atoms with Crippen molar-refractivity contribution in [2.75, 3.05) is 0 Å². The summed E-state index contributed by atoms with van der Waals surface area (Å²) in [5.41, 5.74) is 2.50. The van der Waals surface area contributed by atoms with E-state index in [0.717, 1.165) is 24.0 Å². The quantitative estimate of drug-likeness (QED) is 0.224. The van der Waals surface area contributed by atoms with Gasteiger partial charge in [-0.1, -0.05) is 56.3 Å².